The predicted molar refractivity (Wildman–Crippen MR) is 44.4 cm³/mol. The van der Waals surface area contributed by atoms with E-state index in [1.807, 2.05) is 5.38 Å². The Bertz CT molecular complexity index is 418. The first-order chi connectivity index (χ1) is 5.83. The molecule has 2 heterocycles. The van der Waals surface area contributed by atoms with Gasteiger partial charge in [-0.05, 0) is 0 Å². The minimum absolute atomic E-state index is 0.360. The Labute approximate surface area is 72.4 Å². The van der Waals surface area contributed by atoms with Gasteiger partial charge in [0.1, 0.15) is 0 Å². The number of carbonyl (C=O) groups excluding carboxylic acids is 1. The molecular weight excluding hydrogens is 176 g/mol. The number of fused-ring (bicyclic) bond motifs is 1. The fourth-order valence-electron chi connectivity index (χ4n) is 0.983. The van der Waals surface area contributed by atoms with Gasteiger partial charge < -0.3 is 4.74 Å². The predicted octanol–water partition coefficient (Wildman–Crippen LogP) is 1.18. The normalized spacial score (nSPS) is 10.4. The molecule has 0 aromatic carbocycles. The highest BCUT2D eigenvalue weighted by molar-refractivity contribution is 7.15. The average Bonchev–Trinajstić information content (AvgIpc) is 2.62. The number of carbonyl (C=O) groups is 1. The SMILES string of the molecule is COC(=O)c1cnc2sccn12. The smallest absolute Gasteiger partial charge is 0.356 e. The van der Waals surface area contributed by atoms with Gasteiger partial charge in [-0.3, -0.25) is 4.40 Å². The van der Waals surface area contributed by atoms with Gasteiger partial charge in [0.15, 0.2) is 10.7 Å². The van der Waals surface area contributed by atoms with Crippen molar-refractivity contribution in [2.24, 2.45) is 0 Å². The second-order valence-electron chi connectivity index (χ2n) is 2.19. The Morgan fingerprint density at radius 1 is 1.75 bits per heavy atom. The van der Waals surface area contributed by atoms with E-state index in [1.54, 1.807) is 10.6 Å². The van der Waals surface area contributed by atoms with Gasteiger partial charge in [0.05, 0.1) is 13.3 Å². The van der Waals surface area contributed by atoms with Gasteiger partial charge in [0, 0.05) is 11.6 Å². The van der Waals surface area contributed by atoms with Crippen molar-refractivity contribution >= 4 is 22.3 Å². The Hall–Kier alpha value is -1.36. The van der Waals surface area contributed by atoms with E-state index < -0.39 is 0 Å². The number of hydrogen-bond acceptors (Lipinski definition) is 4. The lowest BCUT2D eigenvalue weighted by atomic mass is 10.5. The summed E-state index contributed by atoms with van der Waals surface area (Å²) in [5.74, 6) is -0.360. The van der Waals surface area contributed by atoms with Crippen molar-refractivity contribution in [2.75, 3.05) is 7.11 Å². The number of esters is 1. The summed E-state index contributed by atoms with van der Waals surface area (Å²) in [6.07, 6.45) is 3.30. The third-order valence-corrected chi connectivity index (χ3v) is 2.31. The van der Waals surface area contributed by atoms with Crippen molar-refractivity contribution in [2.45, 2.75) is 0 Å². The molecule has 62 valence electrons. The quantitative estimate of drug-likeness (QED) is 0.622. The van der Waals surface area contributed by atoms with E-state index in [-0.39, 0.29) is 5.97 Å². The first kappa shape index (κ1) is 7.30. The number of ether oxygens (including phenoxy) is 1. The molecule has 0 N–H and O–H groups in total. The summed E-state index contributed by atoms with van der Waals surface area (Å²) < 4.78 is 6.28. The van der Waals surface area contributed by atoms with Crippen LogP contribution in [0.5, 0.6) is 0 Å². The Kier molecular flexibility index (Phi) is 1.58. The van der Waals surface area contributed by atoms with E-state index in [9.17, 15) is 4.79 Å². The van der Waals surface area contributed by atoms with Crippen LogP contribution in [0.4, 0.5) is 0 Å². The highest BCUT2D eigenvalue weighted by Gasteiger charge is 2.11. The van der Waals surface area contributed by atoms with E-state index in [4.69, 9.17) is 0 Å². The average molecular weight is 182 g/mol. The summed E-state index contributed by atoms with van der Waals surface area (Å²) in [6.45, 7) is 0. The Morgan fingerprint density at radius 2 is 2.58 bits per heavy atom. The molecule has 0 saturated carbocycles. The van der Waals surface area contributed by atoms with Crippen molar-refractivity contribution < 1.29 is 9.53 Å². The number of nitrogens with zero attached hydrogens (tertiary/aromatic N) is 2. The fourth-order valence-corrected chi connectivity index (χ4v) is 1.67. The first-order valence-corrected chi connectivity index (χ1v) is 4.20. The monoisotopic (exact) mass is 182 g/mol. The number of hydrogen-bond donors (Lipinski definition) is 0. The summed E-state index contributed by atoms with van der Waals surface area (Å²) in [5.41, 5.74) is 0.466. The van der Waals surface area contributed by atoms with E-state index in [2.05, 4.69) is 9.72 Å². The maximum Gasteiger partial charge on any atom is 0.356 e. The highest BCUT2D eigenvalue weighted by atomic mass is 32.1. The fraction of sp³-hybridized carbons (Fsp3) is 0.143. The van der Waals surface area contributed by atoms with Gasteiger partial charge in [-0.2, -0.15) is 0 Å². The maximum absolute atomic E-state index is 11.1. The molecule has 0 atom stereocenters. The van der Waals surface area contributed by atoms with E-state index in [1.165, 1.54) is 24.6 Å². The lowest BCUT2D eigenvalue weighted by molar-refractivity contribution is 0.0593. The molecule has 5 heteroatoms. The molecule has 0 fully saturated rings. The second-order valence-corrected chi connectivity index (χ2v) is 3.06. The van der Waals surface area contributed by atoms with E-state index in [0.717, 1.165) is 4.96 Å². The summed E-state index contributed by atoms with van der Waals surface area (Å²) >= 11 is 1.48. The minimum atomic E-state index is -0.360. The molecule has 4 nitrogen and oxygen atoms in total. The Balaban J connectivity index is 2.61. The second kappa shape index (κ2) is 2.60. The topological polar surface area (TPSA) is 43.6 Å². The molecule has 0 saturated heterocycles. The number of thiazole rings is 1. The summed E-state index contributed by atoms with van der Waals surface area (Å²) in [5, 5.41) is 1.87. The van der Waals surface area contributed by atoms with Crippen molar-refractivity contribution in [1.29, 1.82) is 0 Å². The maximum atomic E-state index is 11.1. The molecule has 0 bridgehead atoms. The molecule has 0 aliphatic rings. The Morgan fingerprint density at radius 3 is 3.33 bits per heavy atom. The van der Waals surface area contributed by atoms with Crippen LogP contribution < -0.4 is 0 Å². The lowest BCUT2D eigenvalue weighted by Crippen LogP contribution is -2.03. The molecule has 2 aromatic heterocycles. The van der Waals surface area contributed by atoms with Crippen molar-refractivity contribution in [3.05, 3.63) is 23.5 Å². The van der Waals surface area contributed by atoms with Crippen LogP contribution in [0.15, 0.2) is 17.8 Å². The van der Waals surface area contributed by atoms with E-state index >= 15 is 0 Å². The van der Waals surface area contributed by atoms with Gasteiger partial charge >= 0.3 is 5.97 Å². The zero-order valence-electron chi connectivity index (χ0n) is 6.35. The van der Waals surface area contributed by atoms with Crippen LogP contribution in [-0.4, -0.2) is 22.5 Å². The van der Waals surface area contributed by atoms with E-state index in [0.29, 0.717) is 5.69 Å². The summed E-state index contributed by atoms with van der Waals surface area (Å²) in [4.78, 5) is 15.9. The summed E-state index contributed by atoms with van der Waals surface area (Å²) in [6, 6.07) is 0. The van der Waals surface area contributed by atoms with Crippen LogP contribution in [0.2, 0.25) is 0 Å². The standard InChI is InChI=1S/C7H6N2O2S/c1-11-6(10)5-4-8-7-9(5)2-3-12-7/h2-4H,1H3. The third-order valence-electron chi connectivity index (χ3n) is 1.54. The van der Waals surface area contributed by atoms with Gasteiger partial charge in [0.2, 0.25) is 0 Å². The van der Waals surface area contributed by atoms with Crippen molar-refractivity contribution in [1.82, 2.24) is 9.38 Å². The number of aromatic nitrogens is 2. The molecule has 0 spiro atoms. The van der Waals surface area contributed by atoms with Gasteiger partial charge in [-0.15, -0.1) is 11.3 Å². The largest absolute Gasteiger partial charge is 0.464 e. The highest BCUT2D eigenvalue weighted by Crippen LogP contribution is 2.12. The number of methoxy groups -OCH3 is 1. The number of imidazole rings is 1. The first-order valence-electron chi connectivity index (χ1n) is 3.32. The van der Waals surface area contributed by atoms with Crippen LogP contribution in [0, 0.1) is 0 Å². The number of rotatable bonds is 1. The van der Waals surface area contributed by atoms with Gasteiger partial charge in [-0.25, -0.2) is 9.78 Å². The van der Waals surface area contributed by atoms with Crippen LogP contribution in [0.3, 0.4) is 0 Å². The molecule has 12 heavy (non-hydrogen) atoms. The van der Waals surface area contributed by atoms with Crippen LogP contribution in [-0.2, 0) is 4.74 Å². The molecule has 0 unspecified atom stereocenters. The molecule has 0 radical (unpaired) electrons. The minimum Gasteiger partial charge on any atom is -0.464 e. The third kappa shape index (κ3) is 0.902. The molecule has 2 rings (SSSR count). The van der Waals surface area contributed by atoms with Crippen molar-refractivity contribution in [3.63, 3.8) is 0 Å². The zero-order chi connectivity index (χ0) is 8.55. The van der Waals surface area contributed by atoms with Crippen molar-refractivity contribution in [3.8, 4) is 0 Å². The van der Waals surface area contributed by atoms with Gasteiger partial charge in [0.25, 0.3) is 0 Å². The van der Waals surface area contributed by atoms with Crippen LogP contribution in [0.25, 0.3) is 4.96 Å². The zero-order valence-corrected chi connectivity index (χ0v) is 7.17. The molecule has 0 aliphatic carbocycles. The molecule has 0 aliphatic heterocycles. The molecule has 2 aromatic rings. The van der Waals surface area contributed by atoms with Crippen LogP contribution >= 0.6 is 11.3 Å². The lowest BCUT2D eigenvalue weighted by Gasteiger charge is -1.94. The van der Waals surface area contributed by atoms with Crippen LogP contribution in [0.1, 0.15) is 10.5 Å². The molecule has 0 amide bonds. The molecular formula is C7H6N2O2S. The van der Waals surface area contributed by atoms with Gasteiger partial charge in [-0.1, -0.05) is 0 Å². The summed E-state index contributed by atoms with van der Waals surface area (Å²) in [7, 11) is 1.36.